The molecule has 0 atom stereocenters. The summed E-state index contributed by atoms with van der Waals surface area (Å²) in [6, 6.07) is 17.4. The van der Waals surface area contributed by atoms with E-state index >= 15 is 0 Å². The molecule has 0 saturated heterocycles. The third-order valence-electron chi connectivity index (χ3n) is 4.37. The van der Waals surface area contributed by atoms with E-state index < -0.39 is 0 Å². The van der Waals surface area contributed by atoms with E-state index in [4.69, 9.17) is 13.9 Å². The standard InChI is InChI=1S/C23H25NO4/c1-16-4-10-21(17(2)12-16)27-15-20-9-11-22(28-20)23(25)24-13-18-5-7-19(8-6-18)14-26-3/h4-12H,13-15H2,1-3H3,(H,24,25). The van der Waals surface area contributed by atoms with Gasteiger partial charge in [0.15, 0.2) is 5.76 Å². The lowest BCUT2D eigenvalue weighted by Gasteiger charge is -2.08. The van der Waals surface area contributed by atoms with Crippen LogP contribution in [0.3, 0.4) is 0 Å². The normalized spacial score (nSPS) is 10.7. The molecule has 0 fully saturated rings. The molecule has 1 amide bonds. The smallest absolute Gasteiger partial charge is 0.287 e. The van der Waals surface area contributed by atoms with Crippen LogP contribution in [0.15, 0.2) is 59.0 Å². The molecule has 0 aliphatic heterocycles. The number of benzene rings is 2. The SMILES string of the molecule is COCc1ccc(CNC(=O)c2ccc(COc3ccc(C)cc3C)o2)cc1. The highest BCUT2D eigenvalue weighted by atomic mass is 16.5. The minimum absolute atomic E-state index is 0.251. The second kappa shape index (κ2) is 9.24. The van der Waals surface area contributed by atoms with Crippen LogP contribution in [0.1, 0.15) is 38.6 Å². The van der Waals surface area contributed by atoms with Crippen molar-refractivity contribution in [1.82, 2.24) is 5.32 Å². The monoisotopic (exact) mass is 379 g/mol. The highest BCUT2D eigenvalue weighted by molar-refractivity contribution is 5.91. The first-order valence-electron chi connectivity index (χ1n) is 9.19. The van der Waals surface area contributed by atoms with Crippen molar-refractivity contribution in [3.8, 4) is 5.75 Å². The van der Waals surface area contributed by atoms with E-state index in [1.165, 1.54) is 5.56 Å². The maximum atomic E-state index is 12.3. The molecule has 0 aliphatic carbocycles. The van der Waals surface area contributed by atoms with Gasteiger partial charge in [-0.1, -0.05) is 42.0 Å². The van der Waals surface area contributed by atoms with Gasteiger partial charge >= 0.3 is 0 Å². The van der Waals surface area contributed by atoms with Crippen molar-refractivity contribution in [3.63, 3.8) is 0 Å². The molecule has 3 rings (SSSR count). The Balaban J connectivity index is 1.52. The van der Waals surface area contributed by atoms with E-state index in [1.807, 2.05) is 50.2 Å². The third kappa shape index (κ3) is 5.24. The molecule has 0 aliphatic rings. The second-order valence-corrected chi connectivity index (χ2v) is 6.76. The zero-order valence-electron chi connectivity index (χ0n) is 16.5. The molecule has 2 aromatic carbocycles. The topological polar surface area (TPSA) is 60.7 Å². The quantitative estimate of drug-likeness (QED) is 0.624. The Morgan fingerprint density at radius 3 is 2.43 bits per heavy atom. The largest absolute Gasteiger partial charge is 0.485 e. The number of ether oxygens (including phenoxy) is 2. The van der Waals surface area contributed by atoms with Gasteiger partial charge in [0.1, 0.15) is 18.1 Å². The lowest BCUT2D eigenvalue weighted by atomic mass is 10.1. The first-order valence-corrected chi connectivity index (χ1v) is 9.19. The summed E-state index contributed by atoms with van der Waals surface area (Å²) in [5, 5.41) is 2.86. The Bertz CT molecular complexity index is 928. The van der Waals surface area contributed by atoms with Crippen LogP contribution in [0.25, 0.3) is 0 Å². The summed E-state index contributed by atoms with van der Waals surface area (Å²) >= 11 is 0. The van der Waals surface area contributed by atoms with Gasteiger partial charge in [0.2, 0.25) is 0 Å². The van der Waals surface area contributed by atoms with Crippen LogP contribution in [-0.2, 0) is 24.5 Å². The number of hydrogen-bond acceptors (Lipinski definition) is 4. The highest BCUT2D eigenvalue weighted by Gasteiger charge is 2.12. The molecule has 5 nitrogen and oxygen atoms in total. The number of hydrogen-bond donors (Lipinski definition) is 1. The van der Waals surface area contributed by atoms with Crippen molar-refractivity contribution in [3.05, 3.63) is 88.4 Å². The van der Waals surface area contributed by atoms with Crippen LogP contribution >= 0.6 is 0 Å². The molecule has 1 aromatic heterocycles. The first-order chi connectivity index (χ1) is 13.5. The number of methoxy groups -OCH3 is 1. The number of amides is 1. The summed E-state index contributed by atoms with van der Waals surface area (Å²) in [6.45, 7) is 5.33. The Hall–Kier alpha value is -3.05. The lowest BCUT2D eigenvalue weighted by Crippen LogP contribution is -2.22. The van der Waals surface area contributed by atoms with Gasteiger partial charge in [0, 0.05) is 13.7 Å². The first kappa shape index (κ1) is 19.7. The summed E-state index contributed by atoms with van der Waals surface area (Å²) in [5.74, 6) is 1.44. The number of carbonyl (C=O) groups excluding carboxylic acids is 1. The molecule has 1 N–H and O–H groups in total. The molecule has 3 aromatic rings. The molecule has 0 saturated carbocycles. The molecule has 0 unspecified atom stereocenters. The lowest BCUT2D eigenvalue weighted by molar-refractivity contribution is 0.0919. The van der Waals surface area contributed by atoms with Crippen molar-refractivity contribution in [1.29, 1.82) is 0 Å². The second-order valence-electron chi connectivity index (χ2n) is 6.76. The molecule has 0 spiro atoms. The van der Waals surface area contributed by atoms with E-state index in [9.17, 15) is 4.79 Å². The fraction of sp³-hybridized carbons (Fsp3) is 0.261. The predicted molar refractivity (Wildman–Crippen MR) is 107 cm³/mol. The van der Waals surface area contributed by atoms with Crippen LogP contribution < -0.4 is 10.1 Å². The molecular formula is C23H25NO4. The molecule has 1 heterocycles. The van der Waals surface area contributed by atoms with Crippen LogP contribution in [0.2, 0.25) is 0 Å². The maximum absolute atomic E-state index is 12.3. The molecule has 0 bridgehead atoms. The van der Waals surface area contributed by atoms with Crippen LogP contribution in [0.4, 0.5) is 0 Å². The third-order valence-corrected chi connectivity index (χ3v) is 4.37. The van der Waals surface area contributed by atoms with Crippen LogP contribution in [-0.4, -0.2) is 13.0 Å². The van der Waals surface area contributed by atoms with Crippen LogP contribution in [0, 0.1) is 13.8 Å². The Morgan fingerprint density at radius 1 is 0.964 bits per heavy atom. The van der Waals surface area contributed by atoms with Gasteiger partial charge in [-0.25, -0.2) is 0 Å². The summed E-state index contributed by atoms with van der Waals surface area (Å²) in [6.07, 6.45) is 0. The summed E-state index contributed by atoms with van der Waals surface area (Å²) in [4.78, 5) is 12.3. The molecule has 5 heteroatoms. The van der Waals surface area contributed by atoms with Gasteiger partial charge in [-0.05, 0) is 48.7 Å². The van der Waals surface area contributed by atoms with E-state index in [-0.39, 0.29) is 18.3 Å². The predicted octanol–water partition coefficient (Wildman–Crippen LogP) is 4.55. The average molecular weight is 379 g/mol. The number of aryl methyl sites for hydroxylation is 2. The van der Waals surface area contributed by atoms with Gasteiger partial charge in [-0.2, -0.15) is 0 Å². The summed E-state index contributed by atoms with van der Waals surface area (Å²) < 4.78 is 16.5. The van der Waals surface area contributed by atoms with Crippen LogP contribution in [0.5, 0.6) is 5.75 Å². The zero-order chi connectivity index (χ0) is 19.9. The van der Waals surface area contributed by atoms with Gasteiger partial charge in [-0.15, -0.1) is 0 Å². The minimum Gasteiger partial charge on any atom is -0.485 e. The number of furan rings is 1. The molecule has 146 valence electrons. The Morgan fingerprint density at radius 2 is 1.71 bits per heavy atom. The summed E-state index contributed by atoms with van der Waals surface area (Å²) in [7, 11) is 1.67. The fourth-order valence-corrected chi connectivity index (χ4v) is 2.88. The Kier molecular flexibility index (Phi) is 6.50. The number of rotatable bonds is 8. The number of carbonyl (C=O) groups is 1. The van der Waals surface area contributed by atoms with Gasteiger partial charge in [0.05, 0.1) is 6.61 Å². The van der Waals surface area contributed by atoms with Crippen molar-refractivity contribution >= 4 is 5.91 Å². The maximum Gasteiger partial charge on any atom is 0.287 e. The molecular weight excluding hydrogens is 354 g/mol. The van der Waals surface area contributed by atoms with E-state index in [2.05, 4.69) is 11.4 Å². The number of nitrogens with one attached hydrogen (secondary N) is 1. The van der Waals surface area contributed by atoms with Gasteiger partial charge < -0.3 is 19.2 Å². The highest BCUT2D eigenvalue weighted by Crippen LogP contribution is 2.20. The van der Waals surface area contributed by atoms with Crippen molar-refractivity contribution in [2.24, 2.45) is 0 Å². The van der Waals surface area contributed by atoms with Gasteiger partial charge in [0.25, 0.3) is 5.91 Å². The van der Waals surface area contributed by atoms with E-state index in [0.29, 0.717) is 18.9 Å². The molecule has 28 heavy (non-hydrogen) atoms. The molecule has 0 radical (unpaired) electrons. The Labute approximate surface area is 165 Å². The van der Waals surface area contributed by atoms with Crippen molar-refractivity contribution in [2.45, 2.75) is 33.6 Å². The fourth-order valence-electron chi connectivity index (χ4n) is 2.88. The summed E-state index contributed by atoms with van der Waals surface area (Å²) in [5.41, 5.74) is 4.37. The van der Waals surface area contributed by atoms with Crippen molar-refractivity contribution < 1.29 is 18.7 Å². The van der Waals surface area contributed by atoms with E-state index in [1.54, 1.807) is 19.2 Å². The zero-order valence-corrected chi connectivity index (χ0v) is 16.5. The van der Waals surface area contributed by atoms with Crippen molar-refractivity contribution in [2.75, 3.05) is 7.11 Å². The van der Waals surface area contributed by atoms with Gasteiger partial charge in [-0.3, -0.25) is 4.79 Å². The average Bonchev–Trinajstić information content (AvgIpc) is 3.16. The minimum atomic E-state index is -0.251. The van der Waals surface area contributed by atoms with E-state index in [0.717, 1.165) is 22.4 Å².